The van der Waals surface area contributed by atoms with Crippen molar-refractivity contribution in [3.05, 3.63) is 59.7 Å². The standard InChI is InChI=1S/C18H21NO3/c1-2-3-11-22-17-9-7-15(8-10-17)18(21)19-16-6-4-5-14(12-16)13-20/h4-10,12,20H,2-3,11,13H2,1H3,(H,19,21). The van der Waals surface area contributed by atoms with Gasteiger partial charge in [0.1, 0.15) is 5.75 Å². The van der Waals surface area contributed by atoms with E-state index in [1.165, 1.54) is 0 Å². The van der Waals surface area contributed by atoms with Gasteiger partial charge in [-0.05, 0) is 48.4 Å². The topological polar surface area (TPSA) is 58.6 Å². The number of unbranched alkanes of at least 4 members (excludes halogenated alkanes) is 1. The zero-order chi connectivity index (χ0) is 15.8. The third kappa shape index (κ3) is 4.60. The van der Waals surface area contributed by atoms with Crippen LogP contribution in [-0.2, 0) is 6.61 Å². The Morgan fingerprint density at radius 2 is 1.95 bits per heavy atom. The van der Waals surface area contributed by atoms with E-state index in [1.807, 2.05) is 0 Å². The highest BCUT2D eigenvalue weighted by atomic mass is 16.5. The molecule has 2 aromatic carbocycles. The first-order chi connectivity index (χ1) is 10.7. The smallest absolute Gasteiger partial charge is 0.255 e. The van der Waals surface area contributed by atoms with E-state index in [-0.39, 0.29) is 12.5 Å². The Morgan fingerprint density at radius 1 is 1.18 bits per heavy atom. The van der Waals surface area contributed by atoms with Gasteiger partial charge in [-0.25, -0.2) is 0 Å². The van der Waals surface area contributed by atoms with Crippen molar-refractivity contribution in [2.45, 2.75) is 26.4 Å². The molecule has 22 heavy (non-hydrogen) atoms. The van der Waals surface area contributed by atoms with Crippen LogP contribution in [0, 0.1) is 0 Å². The molecule has 0 spiro atoms. The van der Waals surface area contributed by atoms with Crippen LogP contribution in [0.15, 0.2) is 48.5 Å². The van der Waals surface area contributed by atoms with Crippen LogP contribution in [0.1, 0.15) is 35.7 Å². The Kier molecular flexibility index (Phi) is 5.98. The molecule has 116 valence electrons. The van der Waals surface area contributed by atoms with Crippen molar-refractivity contribution in [1.82, 2.24) is 0 Å². The van der Waals surface area contributed by atoms with E-state index in [2.05, 4.69) is 12.2 Å². The molecule has 0 aliphatic carbocycles. The number of nitrogens with one attached hydrogen (secondary N) is 1. The summed E-state index contributed by atoms with van der Waals surface area (Å²) in [5, 5.41) is 11.9. The molecule has 0 aliphatic heterocycles. The number of rotatable bonds is 7. The lowest BCUT2D eigenvalue weighted by Gasteiger charge is -2.08. The van der Waals surface area contributed by atoms with Crippen LogP contribution in [0.3, 0.4) is 0 Å². The quantitative estimate of drug-likeness (QED) is 0.768. The highest BCUT2D eigenvalue weighted by Gasteiger charge is 2.06. The van der Waals surface area contributed by atoms with Crippen LogP contribution in [0.5, 0.6) is 5.75 Å². The molecule has 2 N–H and O–H groups in total. The summed E-state index contributed by atoms with van der Waals surface area (Å²) in [4.78, 5) is 12.2. The highest BCUT2D eigenvalue weighted by molar-refractivity contribution is 6.04. The van der Waals surface area contributed by atoms with Crippen LogP contribution in [0.2, 0.25) is 0 Å². The largest absolute Gasteiger partial charge is 0.494 e. The number of amides is 1. The van der Waals surface area contributed by atoms with Gasteiger partial charge in [-0.15, -0.1) is 0 Å². The van der Waals surface area contributed by atoms with Crippen molar-refractivity contribution in [2.75, 3.05) is 11.9 Å². The molecule has 0 saturated heterocycles. The zero-order valence-corrected chi connectivity index (χ0v) is 12.7. The molecule has 4 heteroatoms. The summed E-state index contributed by atoms with van der Waals surface area (Å²) in [5.74, 6) is 0.586. The lowest BCUT2D eigenvalue weighted by Crippen LogP contribution is -2.12. The van der Waals surface area contributed by atoms with Crippen LogP contribution in [0.4, 0.5) is 5.69 Å². The van der Waals surface area contributed by atoms with Gasteiger partial charge in [-0.1, -0.05) is 25.5 Å². The van der Waals surface area contributed by atoms with Crippen molar-refractivity contribution in [2.24, 2.45) is 0 Å². The molecule has 2 aromatic rings. The van der Waals surface area contributed by atoms with Crippen molar-refractivity contribution in [1.29, 1.82) is 0 Å². The summed E-state index contributed by atoms with van der Waals surface area (Å²) in [7, 11) is 0. The van der Waals surface area contributed by atoms with E-state index in [9.17, 15) is 4.79 Å². The first kappa shape index (κ1) is 16.0. The summed E-state index contributed by atoms with van der Waals surface area (Å²) in [6.07, 6.45) is 2.11. The van der Waals surface area contributed by atoms with Crippen LogP contribution in [0.25, 0.3) is 0 Å². The summed E-state index contributed by atoms with van der Waals surface area (Å²) in [5.41, 5.74) is 1.99. The molecule has 0 bridgehead atoms. The fraction of sp³-hybridized carbons (Fsp3) is 0.278. The number of anilines is 1. The summed E-state index contributed by atoms with van der Waals surface area (Å²) >= 11 is 0. The van der Waals surface area contributed by atoms with Crippen molar-refractivity contribution >= 4 is 11.6 Å². The molecule has 0 fully saturated rings. The first-order valence-corrected chi connectivity index (χ1v) is 7.47. The van der Waals surface area contributed by atoms with E-state index in [4.69, 9.17) is 9.84 Å². The second kappa shape index (κ2) is 8.20. The van der Waals surface area contributed by atoms with Gasteiger partial charge in [-0.3, -0.25) is 4.79 Å². The minimum absolute atomic E-state index is 0.0481. The van der Waals surface area contributed by atoms with Gasteiger partial charge in [0.25, 0.3) is 5.91 Å². The van der Waals surface area contributed by atoms with E-state index in [0.29, 0.717) is 17.9 Å². The molecule has 0 unspecified atom stereocenters. The third-order valence-corrected chi connectivity index (χ3v) is 3.25. The number of ether oxygens (including phenoxy) is 1. The first-order valence-electron chi connectivity index (χ1n) is 7.47. The molecule has 0 radical (unpaired) electrons. The zero-order valence-electron chi connectivity index (χ0n) is 12.7. The predicted octanol–water partition coefficient (Wildman–Crippen LogP) is 3.61. The summed E-state index contributed by atoms with van der Waals surface area (Å²) in [6, 6.07) is 14.2. The SMILES string of the molecule is CCCCOc1ccc(C(=O)Nc2cccc(CO)c2)cc1. The minimum atomic E-state index is -0.185. The Morgan fingerprint density at radius 3 is 2.64 bits per heavy atom. The fourth-order valence-electron chi connectivity index (χ4n) is 1.99. The van der Waals surface area contributed by atoms with Crippen molar-refractivity contribution < 1.29 is 14.6 Å². The van der Waals surface area contributed by atoms with E-state index >= 15 is 0 Å². The monoisotopic (exact) mass is 299 g/mol. The molecule has 4 nitrogen and oxygen atoms in total. The fourth-order valence-corrected chi connectivity index (χ4v) is 1.99. The lowest BCUT2D eigenvalue weighted by atomic mass is 10.1. The average Bonchev–Trinajstić information content (AvgIpc) is 2.56. The Labute approximate surface area is 130 Å². The van der Waals surface area contributed by atoms with E-state index < -0.39 is 0 Å². The third-order valence-electron chi connectivity index (χ3n) is 3.25. The number of aliphatic hydroxyl groups is 1. The second-order valence-electron chi connectivity index (χ2n) is 5.04. The lowest BCUT2D eigenvalue weighted by molar-refractivity contribution is 0.102. The Balaban J connectivity index is 1.97. The van der Waals surface area contributed by atoms with Crippen LogP contribution < -0.4 is 10.1 Å². The number of carbonyl (C=O) groups excluding carboxylic acids is 1. The van der Waals surface area contributed by atoms with E-state index in [0.717, 1.165) is 24.2 Å². The van der Waals surface area contributed by atoms with Crippen LogP contribution >= 0.6 is 0 Å². The van der Waals surface area contributed by atoms with Gasteiger partial charge in [0.05, 0.1) is 13.2 Å². The number of hydrogen-bond donors (Lipinski definition) is 2. The molecule has 0 aromatic heterocycles. The molecule has 0 saturated carbocycles. The van der Waals surface area contributed by atoms with Gasteiger partial charge in [0, 0.05) is 11.3 Å². The average molecular weight is 299 g/mol. The highest BCUT2D eigenvalue weighted by Crippen LogP contribution is 2.15. The number of hydrogen-bond acceptors (Lipinski definition) is 3. The number of benzene rings is 2. The molecule has 1 amide bonds. The van der Waals surface area contributed by atoms with Gasteiger partial charge in [0.2, 0.25) is 0 Å². The molecular weight excluding hydrogens is 278 g/mol. The van der Waals surface area contributed by atoms with Gasteiger partial charge >= 0.3 is 0 Å². The Bertz CT molecular complexity index is 608. The maximum atomic E-state index is 12.2. The van der Waals surface area contributed by atoms with Crippen LogP contribution in [-0.4, -0.2) is 17.6 Å². The molecule has 0 aliphatic rings. The number of aliphatic hydroxyl groups excluding tert-OH is 1. The molecule has 0 heterocycles. The number of carbonyl (C=O) groups is 1. The van der Waals surface area contributed by atoms with Gasteiger partial charge in [-0.2, -0.15) is 0 Å². The summed E-state index contributed by atoms with van der Waals surface area (Å²) < 4.78 is 5.57. The summed E-state index contributed by atoms with van der Waals surface area (Å²) in [6.45, 7) is 2.76. The van der Waals surface area contributed by atoms with Gasteiger partial charge in [0.15, 0.2) is 0 Å². The Hall–Kier alpha value is -2.33. The van der Waals surface area contributed by atoms with Crippen molar-refractivity contribution in [3.63, 3.8) is 0 Å². The second-order valence-corrected chi connectivity index (χ2v) is 5.04. The normalized spacial score (nSPS) is 10.3. The van der Waals surface area contributed by atoms with Crippen molar-refractivity contribution in [3.8, 4) is 5.75 Å². The molecule has 2 rings (SSSR count). The maximum Gasteiger partial charge on any atom is 0.255 e. The van der Waals surface area contributed by atoms with Gasteiger partial charge < -0.3 is 15.2 Å². The molecular formula is C18H21NO3. The predicted molar refractivity (Wildman–Crippen MR) is 87.2 cm³/mol. The minimum Gasteiger partial charge on any atom is -0.494 e. The van der Waals surface area contributed by atoms with E-state index in [1.54, 1.807) is 48.5 Å². The maximum absolute atomic E-state index is 12.2. The molecule has 0 atom stereocenters.